The Bertz CT molecular complexity index is 2290. The molecule has 2 aromatic rings. The number of ether oxygens (including phenoxy) is 6. The maximum absolute atomic E-state index is 14.2. The van der Waals surface area contributed by atoms with Crippen molar-refractivity contribution in [2.75, 3.05) is 53.6 Å². The highest BCUT2D eigenvalue weighted by atomic mass is 16.7. The molecule has 63 heavy (non-hydrogen) atoms. The van der Waals surface area contributed by atoms with Crippen LogP contribution in [0.5, 0.6) is 17.2 Å². The molecule has 338 valence electrons. The summed E-state index contributed by atoms with van der Waals surface area (Å²) in [6, 6.07) is 4.12. The second-order valence-corrected chi connectivity index (χ2v) is 16.1. The number of nitrogens with zero attached hydrogens (tertiary/aromatic N) is 2. The van der Waals surface area contributed by atoms with Crippen molar-refractivity contribution in [1.82, 2.24) is 25.8 Å². The maximum Gasteiger partial charge on any atom is 0.252 e. The predicted octanol–water partition coefficient (Wildman–Crippen LogP) is -0.962. The molecule has 5 amide bonds. The van der Waals surface area contributed by atoms with Crippen molar-refractivity contribution < 1.29 is 78.7 Å². The lowest BCUT2D eigenvalue weighted by Crippen LogP contribution is -2.55. The van der Waals surface area contributed by atoms with Crippen LogP contribution in [-0.2, 0) is 54.1 Å². The molecule has 21 heteroatoms. The average molecular weight is 882 g/mol. The summed E-state index contributed by atoms with van der Waals surface area (Å²) in [7, 11) is 2.84. The molecule has 6 N–H and O–H groups in total. The zero-order chi connectivity index (χ0) is 45.8. The van der Waals surface area contributed by atoms with Gasteiger partial charge in [0.2, 0.25) is 29.4 Å². The van der Waals surface area contributed by atoms with Gasteiger partial charge in [0.25, 0.3) is 5.91 Å². The van der Waals surface area contributed by atoms with Crippen molar-refractivity contribution in [1.29, 1.82) is 0 Å². The lowest BCUT2D eigenvalue weighted by atomic mass is 9.72. The number of aromatic hydroxyl groups is 2. The SMILES string of the molecule is [3H]C1CC(=O)N(CC(=O)NCCC(=O)NCCNC(=O)[C@]2(O)Cc3c(O)c4c(c(O)c3[C@@H](O[C@@H]3C[C@H]5[C@H](O[C@@H]6[C@@H](OC)OCCN65)[C@H](C)O3)C2)C(=O)c2c(OC)cccc2C4=O)C1=O. The lowest BCUT2D eigenvalue weighted by Gasteiger charge is -2.43. The van der Waals surface area contributed by atoms with Gasteiger partial charge in [-0.05, 0) is 13.0 Å². The fourth-order valence-electron chi connectivity index (χ4n) is 9.33. The molecule has 6 aliphatic rings. The Balaban J connectivity index is 0.988. The van der Waals surface area contributed by atoms with Crippen LogP contribution in [0.1, 0.15) is 89.4 Å². The number of hydrogen-bond acceptors (Lipinski definition) is 17. The molecule has 2 aromatic carbocycles. The van der Waals surface area contributed by atoms with Gasteiger partial charge in [-0.1, -0.05) is 12.1 Å². The summed E-state index contributed by atoms with van der Waals surface area (Å²) < 4.78 is 43.3. The number of amides is 5. The molecule has 0 radical (unpaired) electrons. The number of carbonyl (C=O) groups is 7. The van der Waals surface area contributed by atoms with E-state index in [2.05, 4.69) is 20.9 Å². The first-order valence-corrected chi connectivity index (χ1v) is 20.6. The molecule has 4 aliphatic heterocycles. The number of nitrogens with one attached hydrogen (secondary N) is 3. The normalized spacial score (nSPS) is 30.1. The number of aliphatic hydroxyl groups is 1. The van der Waals surface area contributed by atoms with Crippen molar-refractivity contribution in [3.8, 4) is 17.2 Å². The van der Waals surface area contributed by atoms with Crippen LogP contribution in [0.4, 0.5) is 0 Å². The molecule has 9 atom stereocenters. The number of methoxy groups -OCH3 is 2. The number of phenols is 2. The molecule has 8 rings (SSSR count). The standard InChI is InChI=1S/C42H49N5O16/c1-19-38-22(46-13-14-60-40(59-3)39(46)63-38)15-29(61-19)62-24-17-42(57,41(56)45-12-11-44-25(48)9-10-43-26(49)18-47-27(50)7-8-28(47)51)16-21-31(24)37(55)33-32(35(21)53)34(52)20-5-4-6-23(58-2)30(20)36(33)54/h4-6,19,22,24,29,38-40,53,55,57H,7-18H2,1-3H3,(H,43,49)(H,44,48)(H,45,56)/t19-,22-,24-,29+,38+,39+,40-,42-/m0/s1/i7T/t7?,19-,22-,24-,29+,38+,39+,40-,42-. The Morgan fingerprint density at radius 3 is 2.43 bits per heavy atom. The van der Waals surface area contributed by atoms with Gasteiger partial charge in [0.15, 0.2) is 24.6 Å². The molecule has 0 aromatic heterocycles. The summed E-state index contributed by atoms with van der Waals surface area (Å²) in [6.45, 7) is 1.70. The highest BCUT2D eigenvalue weighted by molar-refractivity contribution is 6.31. The van der Waals surface area contributed by atoms with E-state index in [-0.39, 0.29) is 72.9 Å². The second kappa shape index (κ2) is 17.5. The summed E-state index contributed by atoms with van der Waals surface area (Å²) in [5.41, 5.74) is -3.85. The number of rotatable bonds is 13. The highest BCUT2D eigenvalue weighted by Crippen LogP contribution is 2.53. The van der Waals surface area contributed by atoms with Crippen molar-refractivity contribution in [2.24, 2.45) is 0 Å². The summed E-state index contributed by atoms with van der Waals surface area (Å²) in [4.78, 5) is 93.4. The summed E-state index contributed by atoms with van der Waals surface area (Å²) >= 11 is 0. The molecule has 0 saturated carbocycles. The minimum absolute atomic E-state index is 0.0736. The number of imide groups is 1. The fraction of sp³-hybridized carbons (Fsp3) is 0.548. The molecule has 1 unspecified atom stereocenters. The Kier molecular flexibility index (Phi) is 11.9. The predicted molar refractivity (Wildman–Crippen MR) is 211 cm³/mol. The van der Waals surface area contributed by atoms with Gasteiger partial charge in [0, 0.05) is 95.9 Å². The maximum atomic E-state index is 14.2. The van der Waals surface area contributed by atoms with Gasteiger partial charge >= 0.3 is 0 Å². The number of benzene rings is 2. The molecule has 0 spiro atoms. The lowest BCUT2D eigenvalue weighted by molar-refractivity contribution is -0.256. The highest BCUT2D eigenvalue weighted by Gasteiger charge is 2.55. The van der Waals surface area contributed by atoms with Gasteiger partial charge in [0.1, 0.15) is 35.5 Å². The van der Waals surface area contributed by atoms with Gasteiger partial charge in [-0.3, -0.25) is 43.4 Å². The van der Waals surface area contributed by atoms with Crippen LogP contribution in [0, 0.1) is 0 Å². The van der Waals surface area contributed by atoms with Crippen LogP contribution in [-0.4, -0.2) is 162 Å². The van der Waals surface area contributed by atoms with E-state index in [0.29, 0.717) is 18.1 Å². The second-order valence-electron chi connectivity index (χ2n) is 16.1. The third-order valence-electron chi connectivity index (χ3n) is 12.3. The quantitative estimate of drug-likeness (QED) is 0.0685. The van der Waals surface area contributed by atoms with Crippen LogP contribution in [0.15, 0.2) is 18.2 Å². The average Bonchev–Trinajstić information content (AvgIpc) is 3.76. The van der Waals surface area contributed by atoms with E-state index < -0.39 is 132 Å². The smallest absolute Gasteiger partial charge is 0.252 e. The molecule has 4 heterocycles. The van der Waals surface area contributed by atoms with E-state index in [1.807, 2.05) is 0 Å². The number of likely N-dealkylation sites (tertiary alicyclic amines) is 1. The Morgan fingerprint density at radius 1 is 0.952 bits per heavy atom. The number of fused-ring (bicyclic) bond motifs is 6. The van der Waals surface area contributed by atoms with Crippen molar-refractivity contribution in [2.45, 2.75) is 94.2 Å². The largest absolute Gasteiger partial charge is 0.507 e. The van der Waals surface area contributed by atoms with Crippen molar-refractivity contribution in [3.63, 3.8) is 0 Å². The number of hydrogen-bond donors (Lipinski definition) is 6. The molecule has 21 nitrogen and oxygen atoms in total. The summed E-state index contributed by atoms with van der Waals surface area (Å²) in [5.74, 6) is -6.46. The van der Waals surface area contributed by atoms with Crippen LogP contribution < -0.4 is 20.7 Å². The molecule has 4 fully saturated rings. The van der Waals surface area contributed by atoms with Gasteiger partial charge in [0.05, 0.1) is 42.6 Å². The van der Waals surface area contributed by atoms with E-state index in [4.69, 9.17) is 29.8 Å². The van der Waals surface area contributed by atoms with Crippen LogP contribution in [0.3, 0.4) is 0 Å². The van der Waals surface area contributed by atoms with Crippen molar-refractivity contribution in [3.05, 3.63) is 51.6 Å². The number of ketones is 2. The van der Waals surface area contributed by atoms with Gasteiger partial charge in [-0.2, -0.15) is 0 Å². The molecular weight excluding hydrogens is 830 g/mol. The van der Waals surface area contributed by atoms with Crippen LogP contribution >= 0.6 is 0 Å². The first-order chi connectivity index (χ1) is 30.6. The topological polar surface area (TPSA) is 278 Å². The number of carbonyl (C=O) groups excluding carboxylic acids is 7. The Morgan fingerprint density at radius 2 is 1.70 bits per heavy atom. The van der Waals surface area contributed by atoms with Gasteiger partial charge < -0.3 is 59.7 Å². The molecule has 0 bridgehead atoms. The van der Waals surface area contributed by atoms with E-state index in [9.17, 15) is 48.9 Å². The summed E-state index contributed by atoms with van der Waals surface area (Å²) in [6.07, 6.45) is -7.17. The number of morpholine rings is 1. The van der Waals surface area contributed by atoms with Crippen LogP contribution in [0.25, 0.3) is 0 Å². The molecular formula is C42H49N5O16. The fourth-order valence-corrected chi connectivity index (χ4v) is 9.33. The Labute approximate surface area is 361 Å². The zero-order valence-corrected chi connectivity index (χ0v) is 34.7. The van der Waals surface area contributed by atoms with E-state index >= 15 is 0 Å². The first kappa shape index (κ1) is 42.7. The van der Waals surface area contributed by atoms with Gasteiger partial charge in [-0.15, -0.1) is 0 Å². The third kappa shape index (κ3) is 8.02. The van der Waals surface area contributed by atoms with E-state index in [1.54, 1.807) is 6.92 Å². The third-order valence-corrected chi connectivity index (χ3v) is 12.3. The zero-order valence-electron chi connectivity index (χ0n) is 35.7. The minimum Gasteiger partial charge on any atom is -0.507 e. The van der Waals surface area contributed by atoms with E-state index in [1.165, 1.54) is 32.4 Å². The van der Waals surface area contributed by atoms with Crippen molar-refractivity contribution >= 4 is 41.1 Å². The number of phenolic OH excluding ortho intramolecular Hbond substituents is 2. The Hall–Kier alpha value is -5.55. The van der Waals surface area contributed by atoms with Gasteiger partial charge in [-0.25, -0.2) is 0 Å². The molecule has 4 saturated heterocycles. The van der Waals surface area contributed by atoms with Crippen LogP contribution in [0.2, 0.25) is 0 Å². The van der Waals surface area contributed by atoms with E-state index in [0.717, 1.165) is 0 Å². The first-order valence-electron chi connectivity index (χ1n) is 21.2. The monoisotopic (exact) mass is 881 g/mol. The summed E-state index contributed by atoms with van der Waals surface area (Å²) in [5, 5.41) is 43.7. The molecule has 2 aliphatic carbocycles. The minimum atomic E-state index is -2.34.